The first-order valence-corrected chi connectivity index (χ1v) is 7.99. The van der Waals surface area contributed by atoms with E-state index in [0.717, 1.165) is 31.8 Å². The number of nitrogens with one attached hydrogen (secondary N) is 1. The summed E-state index contributed by atoms with van der Waals surface area (Å²) in [5, 5.41) is 10.5. The number of rotatable bonds is 5. The highest BCUT2D eigenvalue weighted by molar-refractivity contribution is 5.95. The van der Waals surface area contributed by atoms with Crippen LogP contribution >= 0.6 is 0 Å². The van der Waals surface area contributed by atoms with E-state index in [9.17, 15) is 22.4 Å². The Hall–Kier alpha value is -1.96. The Bertz CT molecular complexity index is 552. The van der Waals surface area contributed by atoms with Crippen LogP contribution in [0.25, 0.3) is 0 Å². The highest BCUT2D eigenvalue weighted by atomic mass is 19.4. The van der Waals surface area contributed by atoms with Crippen molar-refractivity contribution in [3.8, 4) is 0 Å². The molecule has 2 rings (SSSR count). The molecule has 4 nitrogen and oxygen atoms in total. The maximum atomic E-state index is 12.7. The maximum Gasteiger partial charge on any atom is 0.490 e. The largest absolute Gasteiger partial charge is 0.490 e. The number of piperidine rings is 1. The maximum absolute atomic E-state index is 12.7. The lowest BCUT2D eigenvalue weighted by molar-refractivity contribution is -0.192. The Balaban J connectivity index is 0.000000381. The van der Waals surface area contributed by atoms with E-state index < -0.39 is 12.1 Å². The van der Waals surface area contributed by atoms with E-state index in [1.165, 1.54) is 25.0 Å². The third kappa shape index (κ3) is 8.62. The van der Waals surface area contributed by atoms with Crippen molar-refractivity contribution in [2.75, 3.05) is 13.1 Å². The van der Waals surface area contributed by atoms with E-state index in [1.54, 1.807) is 12.1 Å². The highest BCUT2D eigenvalue weighted by Gasteiger charge is 2.38. The van der Waals surface area contributed by atoms with Gasteiger partial charge in [0.1, 0.15) is 5.82 Å². The van der Waals surface area contributed by atoms with Gasteiger partial charge in [-0.2, -0.15) is 13.2 Å². The Morgan fingerprint density at radius 3 is 2.12 bits per heavy atom. The third-order valence-electron chi connectivity index (χ3n) is 3.88. The minimum atomic E-state index is -5.08. The molecule has 0 spiro atoms. The fourth-order valence-electron chi connectivity index (χ4n) is 2.50. The van der Waals surface area contributed by atoms with Crippen LogP contribution in [0.4, 0.5) is 17.6 Å². The van der Waals surface area contributed by atoms with Crippen molar-refractivity contribution in [2.24, 2.45) is 5.92 Å². The molecule has 1 heterocycles. The quantitative estimate of drug-likeness (QED) is 0.617. The number of alkyl halides is 3. The predicted octanol–water partition coefficient (Wildman–Crippen LogP) is 3.81. The minimum absolute atomic E-state index is 0.129. The second-order valence-corrected chi connectivity index (χ2v) is 5.82. The van der Waals surface area contributed by atoms with Crippen molar-refractivity contribution in [1.29, 1.82) is 0 Å². The summed E-state index contributed by atoms with van der Waals surface area (Å²) in [5.41, 5.74) is 0.627. The number of aliphatic carboxylic acids is 1. The first-order chi connectivity index (χ1) is 11.7. The van der Waals surface area contributed by atoms with E-state index in [-0.39, 0.29) is 11.6 Å². The molecule has 1 fully saturated rings. The summed E-state index contributed by atoms with van der Waals surface area (Å²) in [6.45, 7) is 2.22. The van der Waals surface area contributed by atoms with Crippen molar-refractivity contribution in [3.05, 3.63) is 35.6 Å². The molecule has 0 bridgehead atoms. The van der Waals surface area contributed by atoms with Gasteiger partial charge in [0.15, 0.2) is 5.78 Å². The van der Waals surface area contributed by atoms with Crippen LogP contribution in [0.2, 0.25) is 0 Å². The summed E-state index contributed by atoms with van der Waals surface area (Å²) in [6.07, 6.45) is 0.0283. The van der Waals surface area contributed by atoms with Gasteiger partial charge in [0.05, 0.1) is 0 Å². The van der Waals surface area contributed by atoms with E-state index in [0.29, 0.717) is 12.0 Å². The second kappa shape index (κ2) is 10.1. The second-order valence-electron chi connectivity index (χ2n) is 5.82. The number of hydrogen-bond donors (Lipinski definition) is 2. The Morgan fingerprint density at radius 1 is 1.12 bits per heavy atom. The smallest absolute Gasteiger partial charge is 0.475 e. The van der Waals surface area contributed by atoms with Gasteiger partial charge in [-0.25, -0.2) is 9.18 Å². The molecule has 0 amide bonds. The van der Waals surface area contributed by atoms with Gasteiger partial charge in [0.2, 0.25) is 0 Å². The molecule has 0 radical (unpaired) electrons. The zero-order valence-corrected chi connectivity index (χ0v) is 13.6. The molecule has 1 aromatic rings. The lowest BCUT2D eigenvalue weighted by atomic mass is 9.91. The van der Waals surface area contributed by atoms with E-state index in [4.69, 9.17) is 9.90 Å². The topological polar surface area (TPSA) is 66.4 Å². The molecule has 1 aliphatic heterocycles. The first-order valence-electron chi connectivity index (χ1n) is 7.99. The van der Waals surface area contributed by atoms with Gasteiger partial charge in [-0.3, -0.25) is 4.79 Å². The minimum Gasteiger partial charge on any atom is -0.475 e. The number of carbonyl (C=O) groups excluding carboxylic acids is 1. The zero-order chi connectivity index (χ0) is 18.9. The molecule has 1 aliphatic rings. The van der Waals surface area contributed by atoms with Crippen molar-refractivity contribution in [2.45, 2.75) is 38.3 Å². The molecular formula is C17H21F4NO3. The van der Waals surface area contributed by atoms with Crippen molar-refractivity contribution < 1.29 is 32.3 Å². The molecule has 0 atom stereocenters. The van der Waals surface area contributed by atoms with Gasteiger partial charge in [0.25, 0.3) is 0 Å². The number of halogens is 4. The van der Waals surface area contributed by atoms with Crippen LogP contribution in [0.3, 0.4) is 0 Å². The highest BCUT2D eigenvalue weighted by Crippen LogP contribution is 2.19. The van der Waals surface area contributed by atoms with Crippen LogP contribution in [-0.2, 0) is 4.79 Å². The van der Waals surface area contributed by atoms with E-state index >= 15 is 0 Å². The molecule has 0 saturated carbocycles. The number of benzene rings is 1. The molecule has 1 aromatic carbocycles. The number of carboxylic acids is 1. The summed E-state index contributed by atoms with van der Waals surface area (Å²) in [6, 6.07) is 5.84. The van der Waals surface area contributed by atoms with Gasteiger partial charge in [-0.05, 0) is 69.0 Å². The lowest BCUT2D eigenvalue weighted by Crippen LogP contribution is -2.27. The Labute approximate surface area is 143 Å². The van der Waals surface area contributed by atoms with Gasteiger partial charge in [-0.15, -0.1) is 0 Å². The normalized spacial score (nSPS) is 15.2. The molecule has 140 valence electrons. The van der Waals surface area contributed by atoms with Crippen LogP contribution in [0.1, 0.15) is 42.5 Å². The molecular weight excluding hydrogens is 342 g/mol. The van der Waals surface area contributed by atoms with E-state index in [1.807, 2.05) is 0 Å². The summed E-state index contributed by atoms with van der Waals surface area (Å²) in [7, 11) is 0. The summed E-state index contributed by atoms with van der Waals surface area (Å²) in [4.78, 5) is 20.8. The number of Topliss-reactive ketones (excluding diaryl/α,β-unsaturated/α-hetero) is 1. The van der Waals surface area contributed by atoms with Gasteiger partial charge >= 0.3 is 12.1 Å². The van der Waals surface area contributed by atoms with Crippen molar-refractivity contribution in [3.63, 3.8) is 0 Å². The van der Waals surface area contributed by atoms with Gasteiger partial charge in [-0.1, -0.05) is 0 Å². The first kappa shape index (κ1) is 21.1. The number of carboxylic acid groups (broad SMARTS) is 1. The van der Waals surface area contributed by atoms with Crippen molar-refractivity contribution in [1.82, 2.24) is 5.32 Å². The molecule has 0 unspecified atom stereocenters. The monoisotopic (exact) mass is 363 g/mol. The fourth-order valence-corrected chi connectivity index (χ4v) is 2.50. The molecule has 1 saturated heterocycles. The number of ketones is 1. The lowest BCUT2D eigenvalue weighted by Gasteiger charge is -2.22. The van der Waals surface area contributed by atoms with Crippen LogP contribution in [-0.4, -0.2) is 36.1 Å². The molecule has 0 aromatic heterocycles. The van der Waals surface area contributed by atoms with Crippen LogP contribution < -0.4 is 5.32 Å². The summed E-state index contributed by atoms with van der Waals surface area (Å²) >= 11 is 0. The molecule has 2 N–H and O–H groups in total. The number of carbonyl (C=O) groups is 2. The predicted molar refractivity (Wildman–Crippen MR) is 83.9 cm³/mol. The Kier molecular flexibility index (Phi) is 8.54. The zero-order valence-electron chi connectivity index (χ0n) is 13.6. The number of hydrogen-bond acceptors (Lipinski definition) is 3. The van der Waals surface area contributed by atoms with Crippen LogP contribution in [0, 0.1) is 11.7 Å². The van der Waals surface area contributed by atoms with Gasteiger partial charge < -0.3 is 10.4 Å². The molecule has 0 aliphatic carbocycles. The average Bonchev–Trinajstić information content (AvgIpc) is 2.56. The average molecular weight is 363 g/mol. The fraction of sp³-hybridized carbons (Fsp3) is 0.529. The summed E-state index contributed by atoms with van der Waals surface area (Å²) in [5.74, 6) is -2.15. The standard InChI is InChI=1S/C15H20FNO.C2HF3O2/c16-14-6-4-13(5-7-14)15(18)3-1-2-12-8-10-17-11-9-12;3-2(4,5)1(6)7/h4-7,12,17H,1-3,8-11H2;(H,6,7). The molecule has 8 heteroatoms. The van der Waals surface area contributed by atoms with Crippen LogP contribution in [0.15, 0.2) is 24.3 Å². The van der Waals surface area contributed by atoms with E-state index in [2.05, 4.69) is 5.32 Å². The van der Waals surface area contributed by atoms with Crippen LogP contribution in [0.5, 0.6) is 0 Å². The SMILES string of the molecule is O=C(CCCC1CCNCC1)c1ccc(F)cc1.O=C(O)C(F)(F)F. The third-order valence-corrected chi connectivity index (χ3v) is 3.88. The Morgan fingerprint density at radius 2 is 1.64 bits per heavy atom. The molecule has 25 heavy (non-hydrogen) atoms. The van der Waals surface area contributed by atoms with Crippen molar-refractivity contribution >= 4 is 11.8 Å². The van der Waals surface area contributed by atoms with Gasteiger partial charge in [0, 0.05) is 12.0 Å². The summed E-state index contributed by atoms with van der Waals surface area (Å²) < 4.78 is 44.5.